The molecule has 0 radical (unpaired) electrons. The highest BCUT2D eigenvalue weighted by Gasteiger charge is 2.18. The second kappa shape index (κ2) is 5.69. The van der Waals surface area contributed by atoms with Gasteiger partial charge in [0.2, 0.25) is 0 Å². The van der Waals surface area contributed by atoms with Crippen LogP contribution in [0.5, 0.6) is 0 Å². The van der Waals surface area contributed by atoms with Crippen LogP contribution in [0, 0.1) is 0 Å². The third-order valence-corrected chi connectivity index (χ3v) is 4.41. The van der Waals surface area contributed by atoms with Crippen LogP contribution >= 0.6 is 22.9 Å². The lowest BCUT2D eigenvalue weighted by atomic mass is 10.1. The topological polar surface area (TPSA) is 37.0 Å². The van der Waals surface area contributed by atoms with E-state index in [1.165, 1.54) is 4.88 Å². The maximum atomic E-state index is 6.25. The monoisotopic (exact) mass is 281 g/mol. The Labute approximate surface area is 116 Å². The number of hydrogen-bond acceptors (Lipinski definition) is 4. The largest absolute Gasteiger partial charge is 0.365 e. The standard InChI is InChI=1S/C13H16ClN3S/c1-8(15-2)12-11(17-13(16-3)18-12)9-6-4-5-7-10(9)14/h4-8,15H,1-3H3,(H,16,17). The number of halogens is 1. The molecular weight excluding hydrogens is 266 g/mol. The second-order valence-electron chi connectivity index (χ2n) is 3.97. The Balaban J connectivity index is 2.56. The Morgan fingerprint density at radius 2 is 2.00 bits per heavy atom. The van der Waals surface area contributed by atoms with Crippen molar-refractivity contribution in [1.82, 2.24) is 10.3 Å². The van der Waals surface area contributed by atoms with Crippen molar-refractivity contribution in [3.63, 3.8) is 0 Å². The van der Waals surface area contributed by atoms with Gasteiger partial charge in [-0.25, -0.2) is 4.98 Å². The molecule has 2 aromatic rings. The average molecular weight is 282 g/mol. The molecule has 0 bridgehead atoms. The Hall–Kier alpha value is -1.10. The van der Waals surface area contributed by atoms with Crippen LogP contribution in [0.3, 0.4) is 0 Å². The van der Waals surface area contributed by atoms with E-state index in [0.717, 1.165) is 21.4 Å². The number of nitrogens with one attached hydrogen (secondary N) is 2. The molecule has 0 fully saturated rings. The zero-order valence-electron chi connectivity index (χ0n) is 10.6. The van der Waals surface area contributed by atoms with E-state index in [1.54, 1.807) is 11.3 Å². The number of rotatable bonds is 4. The number of benzene rings is 1. The summed E-state index contributed by atoms with van der Waals surface area (Å²) in [5.41, 5.74) is 1.94. The summed E-state index contributed by atoms with van der Waals surface area (Å²) in [6.07, 6.45) is 0. The summed E-state index contributed by atoms with van der Waals surface area (Å²) < 4.78 is 0. The third kappa shape index (κ3) is 2.51. The summed E-state index contributed by atoms with van der Waals surface area (Å²) in [7, 11) is 3.82. The van der Waals surface area contributed by atoms with Gasteiger partial charge in [-0.15, -0.1) is 0 Å². The molecule has 0 saturated heterocycles. The molecular formula is C13H16ClN3S. The van der Waals surface area contributed by atoms with Crippen LogP contribution in [0.25, 0.3) is 11.3 Å². The van der Waals surface area contributed by atoms with Gasteiger partial charge in [0.1, 0.15) is 0 Å². The van der Waals surface area contributed by atoms with E-state index < -0.39 is 0 Å². The smallest absolute Gasteiger partial charge is 0.183 e. The zero-order chi connectivity index (χ0) is 13.1. The molecule has 0 saturated carbocycles. The van der Waals surface area contributed by atoms with E-state index in [9.17, 15) is 0 Å². The quantitative estimate of drug-likeness (QED) is 0.895. The van der Waals surface area contributed by atoms with Gasteiger partial charge in [0.15, 0.2) is 5.13 Å². The van der Waals surface area contributed by atoms with Crippen LogP contribution in [0.4, 0.5) is 5.13 Å². The first-order valence-electron chi connectivity index (χ1n) is 5.78. The van der Waals surface area contributed by atoms with Gasteiger partial charge in [-0.05, 0) is 20.0 Å². The first kappa shape index (κ1) is 13.3. The van der Waals surface area contributed by atoms with Gasteiger partial charge in [0.05, 0.1) is 10.6 Å². The highest BCUT2D eigenvalue weighted by molar-refractivity contribution is 7.16. The minimum Gasteiger partial charge on any atom is -0.365 e. The van der Waals surface area contributed by atoms with E-state index in [4.69, 9.17) is 11.6 Å². The third-order valence-electron chi connectivity index (χ3n) is 2.82. The predicted octanol–water partition coefficient (Wildman–Crippen LogP) is 3.79. The van der Waals surface area contributed by atoms with E-state index in [2.05, 4.69) is 22.5 Å². The lowest BCUT2D eigenvalue weighted by Crippen LogP contribution is -2.11. The van der Waals surface area contributed by atoms with Crippen molar-refractivity contribution in [3.05, 3.63) is 34.2 Å². The van der Waals surface area contributed by atoms with Gasteiger partial charge < -0.3 is 10.6 Å². The Kier molecular flexibility index (Phi) is 4.22. The highest BCUT2D eigenvalue weighted by atomic mass is 35.5. The second-order valence-corrected chi connectivity index (χ2v) is 5.41. The average Bonchev–Trinajstić information content (AvgIpc) is 2.82. The summed E-state index contributed by atoms with van der Waals surface area (Å²) in [4.78, 5) is 5.80. The molecule has 1 atom stereocenters. The molecule has 96 valence electrons. The van der Waals surface area contributed by atoms with Crippen LogP contribution < -0.4 is 10.6 Å². The molecule has 0 amide bonds. The van der Waals surface area contributed by atoms with Crippen molar-refractivity contribution in [1.29, 1.82) is 0 Å². The van der Waals surface area contributed by atoms with Gasteiger partial charge in [0, 0.05) is 23.7 Å². The molecule has 1 heterocycles. The van der Waals surface area contributed by atoms with Crippen molar-refractivity contribution in [3.8, 4) is 11.3 Å². The summed E-state index contributed by atoms with van der Waals surface area (Å²) in [5.74, 6) is 0. The van der Waals surface area contributed by atoms with E-state index in [1.807, 2.05) is 38.4 Å². The fourth-order valence-corrected chi connectivity index (χ4v) is 2.93. The molecule has 1 aromatic heterocycles. The maximum Gasteiger partial charge on any atom is 0.183 e. The van der Waals surface area contributed by atoms with E-state index >= 15 is 0 Å². The minimum absolute atomic E-state index is 0.246. The van der Waals surface area contributed by atoms with Gasteiger partial charge in [-0.2, -0.15) is 0 Å². The number of thiazole rings is 1. The summed E-state index contributed by atoms with van der Waals surface area (Å²) in [6.45, 7) is 2.12. The van der Waals surface area contributed by atoms with E-state index in [0.29, 0.717) is 0 Å². The first-order valence-corrected chi connectivity index (χ1v) is 6.97. The molecule has 0 spiro atoms. The van der Waals surface area contributed by atoms with Crippen LogP contribution in [0.2, 0.25) is 5.02 Å². The Morgan fingerprint density at radius 3 is 2.61 bits per heavy atom. The molecule has 0 aliphatic carbocycles. The summed E-state index contributed by atoms with van der Waals surface area (Å²) >= 11 is 7.91. The Morgan fingerprint density at radius 1 is 1.28 bits per heavy atom. The van der Waals surface area contributed by atoms with Gasteiger partial charge >= 0.3 is 0 Å². The highest BCUT2D eigenvalue weighted by Crippen LogP contribution is 2.37. The normalized spacial score (nSPS) is 12.4. The summed E-state index contributed by atoms with van der Waals surface area (Å²) in [6, 6.07) is 8.05. The molecule has 3 nitrogen and oxygen atoms in total. The van der Waals surface area contributed by atoms with Crippen LogP contribution in [-0.4, -0.2) is 19.1 Å². The van der Waals surface area contributed by atoms with Crippen LogP contribution in [0.1, 0.15) is 17.8 Å². The predicted molar refractivity (Wildman–Crippen MR) is 79.6 cm³/mol. The van der Waals surface area contributed by atoms with Crippen molar-refractivity contribution >= 4 is 28.1 Å². The number of anilines is 1. The summed E-state index contributed by atoms with van der Waals surface area (Å²) in [5, 5.41) is 7.98. The van der Waals surface area contributed by atoms with Gasteiger partial charge in [0.25, 0.3) is 0 Å². The molecule has 2 rings (SSSR count). The van der Waals surface area contributed by atoms with Crippen LogP contribution in [-0.2, 0) is 0 Å². The SMILES string of the molecule is CNc1nc(-c2ccccc2Cl)c(C(C)NC)s1. The molecule has 0 aliphatic rings. The first-order chi connectivity index (χ1) is 8.67. The fraction of sp³-hybridized carbons (Fsp3) is 0.308. The molecule has 2 N–H and O–H groups in total. The van der Waals surface area contributed by atoms with Crippen molar-refractivity contribution in [2.75, 3.05) is 19.4 Å². The fourth-order valence-electron chi connectivity index (χ4n) is 1.71. The number of nitrogens with zero attached hydrogens (tertiary/aromatic N) is 1. The number of aromatic nitrogens is 1. The molecule has 0 aliphatic heterocycles. The van der Waals surface area contributed by atoms with Crippen molar-refractivity contribution in [2.24, 2.45) is 0 Å². The lowest BCUT2D eigenvalue weighted by molar-refractivity contribution is 0.664. The molecule has 1 aromatic carbocycles. The molecule has 18 heavy (non-hydrogen) atoms. The zero-order valence-corrected chi connectivity index (χ0v) is 12.2. The van der Waals surface area contributed by atoms with Crippen molar-refractivity contribution < 1.29 is 0 Å². The van der Waals surface area contributed by atoms with Gasteiger partial charge in [-0.3, -0.25) is 0 Å². The Bertz CT molecular complexity index is 539. The lowest BCUT2D eigenvalue weighted by Gasteiger charge is -2.10. The minimum atomic E-state index is 0.246. The molecule has 1 unspecified atom stereocenters. The maximum absolute atomic E-state index is 6.25. The van der Waals surface area contributed by atoms with Gasteiger partial charge in [-0.1, -0.05) is 41.1 Å². The van der Waals surface area contributed by atoms with Crippen molar-refractivity contribution in [2.45, 2.75) is 13.0 Å². The van der Waals surface area contributed by atoms with E-state index in [-0.39, 0.29) is 6.04 Å². The number of hydrogen-bond donors (Lipinski definition) is 2. The van der Waals surface area contributed by atoms with Crippen LogP contribution in [0.15, 0.2) is 24.3 Å². The molecule has 5 heteroatoms.